The van der Waals surface area contributed by atoms with E-state index < -0.39 is 29.5 Å². The molecular weight excluding hydrogens is 455 g/mol. The van der Waals surface area contributed by atoms with Crippen LogP contribution in [-0.4, -0.2) is 34.9 Å². The van der Waals surface area contributed by atoms with E-state index in [2.05, 4.69) is 15.3 Å². The lowest BCUT2D eigenvalue weighted by Gasteiger charge is -2.26. The molecule has 0 atom stereocenters. The van der Waals surface area contributed by atoms with E-state index in [-0.39, 0.29) is 22.4 Å². The molecular formula is C22H14ClFN4O5. The van der Waals surface area contributed by atoms with Crippen molar-refractivity contribution in [3.63, 3.8) is 0 Å². The molecule has 0 radical (unpaired) electrons. The van der Waals surface area contributed by atoms with Gasteiger partial charge in [-0.15, -0.1) is 0 Å². The Balaban J connectivity index is 1.71. The van der Waals surface area contributed by atoms with Gasteiger partial charge in [-0.2, -0.15) is 9.37 Å². The summed E-state index contributed by atoms with van der Waals surface area (Å²) < 4.78 is 24.7. The zero-order valence-corrected chi connectivity index (χ0v) is 17.7. The van der Waals surface area contributed by atoms with Gasteiger partial charge in [-0.25, -0.2) is 14.7 Å². The van der Waals surface area contributed by atoms with Gasteiger partial charge >= 0.3 is 6.03 Å². The number of hydrogen-bond acceptors (Lipinski definition) is 7. The van der Waals surface area contributed by atoms with Crippen molar-refractivity contribution >= 4 is 41.2 Å². The lowest BCUT2D eigenvalue weighted by Crippen LogP contribution is -2.54. The summed E-state index contributed by atoms with van der Waals surface area (Å²) >= 11 is 5.70. The maximum absolute atomic E-state index is 14.0. The molecule has 0 aliphatic carbocycles. The molecule has 0 spiro atoms. The fourth-order valence-electron chi connectivity index (χ4n) is 3.01. The quantitative estimate of drug-likeness (QED) is 0.345. The fraction of sp³-hybridized carbons (Fsp3) is 0.0455. The number of urea groups is 1. The summed E-state index contributed by atoms with van der Waals surface area (Å²) in [5.74, 6) is -2.69. The van der Waals surface area contributed by atoms with Gasteiger partial charge in [0.2, 0.25) is 11.1 Å². The van der Waals surface area contributed by atoms with E-state index in [1.165, 1.54) is 25.3 Å². The van der Waals surface area contributed by atoms with Crippen molar-refractivity contribution in [3.8, 4) is 17.4 Å². The normalized spacial score (nSPS) is 14.9. The van der Waals surface area contributed by atoms with E-state index in [0.29, 0.717) is 11.3 Å². The van der Waals surface area contributed by atoms with E-state index in [0.717, 1.165) is 11.1 Å². The van der Waals surface area contributed by atoms with Crippen LogP contribution in [0.2, 0.25) is 5.28 Å². The molecule has 1 saturated heterocycles. The first-order valence-corrected chi connectivity index (χ1v) is 9.75. The summed E-state index contributed by atoms with van der Waals surface area (Å²) in [6.07, 6.45) is 2.12. The van der Waals surface area contributed by atoms with E-state index in [1.807, 2.05) is 0 Å². The lowest BCUT2D eigenvalue weighted by atomic mass is 10.1. The average Bonchev–Trinajstić information content (AvgIpc) is 2.80. The molecule has 1 aromatic heterocycles. The van der Waals surface area contributed by atoms with Crippen LogP contribution in [0.4, 0.5) is 14.9 Å². The number of anilines is 1. The second kappa shape index (κ2) is 9.05. The summed E-state index contributed by atoms with van der Waals surface area (Å²) in [7, 11) is 1.38. The molecule has 1 N–H and O–H groups in total. The van der Waals surface area contributed by atoms with Gasteiger partial charge in [0.25, 0.3) is 17.7 Å². The van der Waals surface area contributed by atoms with Crippen molar-refractivity contribution in [3.05, 3.63) is 77.0 Å². The highest BCUT2D eigenvalue weighted by Crippen LogP contribution is 2.34. The van der Waals surface area contributed by atoms with E-state index in [1.54, 1.807) is 36.4 Å². The van der Waals surface area contributed by atoms with Crippen molar-refractivity contribution in [1.29, 1.82) is 0 Å². The molecule has 4 amide bonds. The summed E-state index contributed by atoms with van der Waals surface area (Å²) in [6, 6.07) is 11.7. The zero-order valence-electron chi connectivity index (χ0n) is 16.9. The zero-order chi connectivity index (χ0) is 23.5. The molecule has 166 valence electrons. The SMILES string of the molecule is COc1ccc(/C=C2\C(=O)NC(=O)N(c3ccccc3)C2=O)cc1Oc1nc(Cl)ncc1F. The van der Waals surface area contributed by atoms with Crippen LogP contribution in [-0.2, 0) is 9.59 Å². The predicted molar refractivity (Wildman–Crippen MR) is 116 cm³/mol. The highest BCUT2D eigenvalue weighted by Gasteiger charge is 2.36. The summed E-state index contributed by atoms with van der Waals surface area (Å²) in [5.41, 5.74) is 0.353. The Labute approximate surface area is 191 Å². The molecule has 9 nitrogen and oxygen atoms in total. The second-order valence-corrected chi connectivity index (χ2v) is 6.94. The Bertz CT molecular complexity index is 1300. The highest BCUT2D eigenvalue weighted by atomic mass is 35.5. The maximum Gasteiger partial charge on any atom is 0.335 e. The Morgan fingerprint density at radius 1 is 1.09 bits per heavy atom. The van der Waals surface area contributed by atoms with E-state index in [4.69, 9.17) is 21.1 Å². The Morgan fingerprint density at radius 2 is 1.85 bits per heavy atom. The molecule has 3 aromatic rings. The number of ether oxygens (including phenoxy) is 2. The maximum atomic E-state index is 14.0. The number of hydrogen-bond donors (Lipinski definition) is 1. The number of imide groups is 2. The van der Waals surface area contributed by atoms with Gasteiger partial charge in [-0.1, -0.05) is 24.3 Å². The number of barbiturate groups is 1. The molecule has 0 saturated carbocycles. The largest absolute Gasteiger partial charge is 0.493 e. The number of aromatic nitrogens is 2. The minimum atomic E-state index is -0.858. The Hall–Kier alpha value is -4.31. The first kappa shape index (κ1) is 21.9. The smallest absolute Gasteiger partial charge is 0.335 e. The molecule has 33 heavy (non-hydrogen) atoms. The first-order valence-electron chi connectivity index (χ1n) is 9.38. The third-order valence-corrected chi connectivity index (χ3v) is 4.69. The number of benzene rings is 2. The van der Waals surface area contributed by atoms with Crippen LogP contribution >= 0.6 is 11.6 Å². The molecule has 2 aromatic carbocycles. The molecule has 4 rings (SSSR count). The van der Waals surface area contributed by atoms with Crippen molar-refractivity contribution in [2.45, 2.75) is 0 Å². The number of amides is 4. The number of halogens is 2. The van der Waals surface area contributed by atoms with Gasteiger partial charge in [-0.05, 0) is 47.5 Å². The molecule has 1 fully saturated rings. The van der Waals surface area contributed by atoms with Gasteiger partial charge in [0.05, 0.1) is 19.0 Å². The number of carbonyl (C=O) groups excluding carboxylic acids is 3. The standard InChI is InChI=1S/C22H14ClFN4O5/c1-32-16-8-7-12(10-17(16)33-19-15(24)11-25-21(23)27-19)9-14-18(29)26-22(31)28(20(14)30)13-5-3-2-4-6-13/h2-11H,1H3,(H,26,29,31)/b14-9+. The second-order valence-electron chi connectivity index (χ2n) is 6.60. The molecule has 2 heterocycles. The summed E-state index contributed by atoms with van der Waals surface area (Å²) in [6.45, 7) is 0. The minimum absolute atomic E-state index is 0.0418. The number of nitrogens with one attached hydrogen (secondary N) is 1. The molecule has 11 heteroatoms. The summed E-state index contributed by atoms with van der Waals surface area (Å²) in [5, 5.41) is 1.92. The third kappa shape index (κ3) is 4.51. The van der Waals surface area contributed by atoms with Crippen LogP contribution < -0.4 is 19.7 Å². The molecule has 0 unspecified atom stereocenters. The van der Waals surface area contributed by atoms with Crippen molar-refractivity contribution in [1.82, 2.24) is 15.3 Å². The number of carbonyl (C=O) groups is 3. The van der Waals surface area contributed by atoms with Crippen LogP contribution in [0.5, 0.6) is 17.4 Å². The molecule has 0 bridgehead atoms. The topological polar surface area (TPSA) is 111 Å². The highest BCUT2D eigenvalue weighted by molar-refractivity contribution is 6.39. The van der Waals surface area contributed by atoms with Gasteiger partial charge in [0, 0.05) is 0 Å². The van der Waals surface area contributed by atoms with Crippen LogP contribution in [0.15, 0.2) is 60.3 Å². The Morgan fingerprint density at radius 3 is 2.58 bits per heavy atom. The lowest BCUT2D eigenvalue weighted by molar-refractivity contribution is -0.122. The average molecular weight is 469 g/mol. The summed E-state index contributed by atoms with van der Waals surface area (Å²) in [4.78, 5) is 45.7. The van der Waals surface area contributed by atoms with Crippen molar-refractivity contribution in [2.75, 3.05) is 12.0 Å². The van der Waals surface area contributed by atoms with Gasteiger partial charge in [-0.3, -0.25) is 14.9 Å². The van der Waals surface area contributed by atoms with Gasteiger partial charge in [0.15, 0.2) is 11.5 Å². The molecule has 1 aliphatic heterocycles. The van der Waals surface area contributed by atoms with E-state index in [9.17, 15) is 18.8 Å². The van der Waals surface area contributed by atoms with Crippen molar-refractivity contribution < 1.29 is 28.2 Å². The fourth-order valence-corrected chi connectivity index (χ4v) is 3.13. The number of methoxy groups -OCH3 is 1. The first-order chi connectivity index (χ1) is 15.9. The van der Waals surface area contributed by atoms with Crippen LogP contribution in [0.3, 0.4) is 0 Å². The third-order valence-electron chi connectivity index (χ3n) is 4.50. The predicted octanol–water partition coefficient (Wildman–Crippen LogP) is 3.74. The van der Waals surface area contributed by atoms with E-state index >= 15 is 0 Å². The van der Waals surface area contributed by atoms with Gasteiger partial charge in [0.1, 0.15) is 5.57 Å². The number of nitrogens with zero attached hydrogens (tertiary/aromatic N) is 3. The van der Waals surface area contributed by atoms with Crippen molar-refractivity contribution in [2.24, 2.45) is 0 Å². The number of para-hydroxylation sites is 1. The van der Waals surface area contributed by atoms with Crippen LogP contribution in [0, 0.1) is 5.82 Å². The minimum Gasteiger partial charge on any atom is -0.493 e. The van der Waals surface area contributed by atoms with Crippen LogP contribution in [0.25, 0.3) is 6.08 Å². The Kier molecular flexibility index (Phi) is 6.01. The number of rotatable bonds is 5. The van der Waals surface area contributed by atoms with Crippen LogP contribution in [0.1, 0.15) is 5.56 Å². The molecule has 1 aliphatic rings. The monoisotopic (exact) mass is 468 g/mol. The van der Waals surface area contributed by atoms with Gasteiger partial charge < -0.3 is 9.47 Å².